The SMILES string of the molecule is COc1ccc(-c2c(C)nn3c(-n4cnc5ccccc54)cc(C)nc23)cc1OC. The van der Waals surface area contributed by atoms with Gasteiger partial charge in [-0.2, -0.15) is 9.61 Å². The van der Waals surface area contributed by atoms with E-state index in [0.717, 1.165) is 45.0 Å². The van der Waals surface area contributed by atoms with E-state index in [2.05, 4.69) is 11.1 Å². The number of rotatable bonds is 4. The number of aromatic nitrogens is 5. The van der Waals surface area contributed by atoms with Crippen molar-refractivity contribution < 1.29 is 9.47 Å². The van der Waals surface area contributed by atoms with Gasteiger partial charge in [-0.15, -0.1) is 0 Å². The third-order valence-electron chi connectivity index (χ3n) is 5.25. The maximum absolute atomic E-state index is 5.50. The molecule has 0 saturated carbocycles. The third kappa shape index (κ3) is 2.70. The van der Waals surface area contributed by atoms with Crippen LogP contribution in [0.4, 0.5) is 0 Å². The summed E-state index contributed by atoms with van der Waals surface area (Å²) in [4.78, 5) is 9.35. The Morgan fingerprint density at radius 3 is 2.50 bits per heavy atom. The Bertz CT molecular complexity index is 1400. The third-order valence-corrected chi connectivity index (χ3v) is 5.25. The van der Waals surface area contributed by atoms with E-state index in [1.54, 1.807) is 14.2 Å². The molecule has 7 nitrogen and oxygen atoms in total. The molecular weight excluding hydrogens is 378 g/mol. The molecule has 0 saturated heterocycles. The van der Waals surface area contributed by atoms with Gasteiger partial charge in [-0.3, -0.25) is 4.57 Å². The highest BCUT2D eigenvalue weighted by Gasteiger charge is 2.19. The Hall–Kier alpha value is -3.87. The topological polar surface area (TPSA) is 66.5 Å². The molecule has 0 spiro atoms. The molecular formula is C23H21N5O2. The highest BCUT2D eigenvalue weighted by atomic mass is 16.5. The fraction of sp³-hybridized carbons (Fsp3) is 0.174. The number of methoxy groups -OCH3 is 2. The van der Waals surface area contributed by atoms with Gasteiger partial charge in [0.1, 0.15) is 12.1 Å². The van der Waals surface area contributed by atoms with Crippen molar-refractivity contribution in [1.82, 2.24) is 24.1 Å². The number of para-hydroxylation sites is 2. The molecule has 0 aliphatic rings. The van der Waals surface area contributed by atoms with Crippen LogP contribution < -0.4 is 9.47 Å². The minimum Gasteiger partial charge on any atom is -0.493 e. The van der Waals surface area contributed by atoms with Crippen molar-refractivity contribution in [3.05, 3.63) is 66.2 Å². The number of imidazole rings is 1. The molecule has 0 unspecified atom stereocenters. The smallest absolute Gasteiger partial charge is 0.165 e. The molecule has 0 N–H and O–H groups in total. The molecule has 0 fully saturated rings. The molecule has 7 heteroatoms. The Labute approximate surface area is 173 Å². The normalized spacial score (nSPS) is 11.3. The van der Waals surface area contributed by atoms with E-state index in [9.17, 15) is 0 Å². The summed E-state index contributed by atoms with van der Waals surface area (Å²) in [6, 6.07) is 15.9. The molecule has 5 rings (SSSR count). The number of aryl methyl sites for hydroxylation is 2. The maximum atomic E-state index is 5.50. The van der Waals surface area contributed by atoms with Crippen LogP contribution in [0.2, 0.25) is 0 Å². The van der Waals surface area contributed by atoms with E-state index in [1.807, 2.05) is 71.7 Å². The zero-order valence-electron chi connectivity index (χ0n) is 17.2. The van der Waals surface area contributed by atoms with Gasteiger partial charge >= 0.3 is 0 Å². The van der Waals surface area contributed by atoms with Crippen molar-refractivity contribution in [2.24, 2.45) is 0 Å². The first-order chi connectivity index (χ1) is 14.6. The molecule has 0 amide bonds. The van der Waals surface area contributed by atoms with E-state index in [1.165, 1.54) is 0 Å². The van der Waals surface area contributed by atoms with Gasteiger partial charge in [0.2, 0.25) is 0 Å². The summed E-state index contributed by atoms with van der Waals surface area (Å²) in [7, 11) is 3.26. The Morgan fingerprint density at radius 1 is 0.900 bits per heavy atom. The van der Waals surface area contributed by atoms with Crippen molar-refractivity contribution >= 4 is 16.7 Å². The van der Waals surface area contributed by atoms with Crippen LogP contribution in [-0.4, -0.2) is 38.4 Å². The largest absolute Gasteiger partial charge is 0.493 e. The van der Waals surface area contributed by atoms with E-state index in [-0.39, 0.29) is 0 Å². The monoisotopic (exact) mass is 399 g/mol. The van der Waals surface area contributed by atoms with Crippen LogP contribution in [0.5, 0.6) is 11.5 Å². The van der Waals surface area contributed by atoms with Gasteiger partial charge in [0.15, 0.2) is 17.1 Å². The molecule has 30 heavy (non-hydrogen) atoms. The van der Waals surface area contributed by atoms with Crippen molar-refractivity contribution in [2.75, 3.05) is 14.2 Å². The average molecular weight is 399 g/mol. The minimum atomic E-state index is 0.669. The van der Waals surface area contributed by atoms with Crippen LogP contribution in [0.1, 0.15) is 11.4 Å². The number of nitrogens with zero attached hydrogens (tertiary/aromatic N) is 5. The lowest BCUT2D eigenvalue weighted by molar-refractivity contribution is 0.355. The van der Waals surface area contributed by atoms with E-state index in [0.29, 0.717) is 11.5 Å². The van der Waals surface area contributed by atoms with Gasteiger partial charge in [-0.25, -0.2) is 9.97 Å². The Balaban J connectivity index is 1.78. The average Bonchev–Trinajstić information content (AvgIpc) is 3.33. The van der Waals surface area contributed by atoms with Crippen molar-refractivity contribution in [1.29, 1.82) is 0 Å². The molecule has 5 aromatic rings. The van der Waals surface area contributed by atoms with Crippen molar-refractivity contribution in [3.8, 4) is 28.4 Å². The summed E-state index contributed by atoms with van der Waals surface area (Å²) in [5.41, 5.74) is 6.45. The van der Waals surface area contributed by atoms with Crippen LogP contribution in [0.15, 0.2) is 54.9 Å². The first kappa shape index (κ1) is 18.2. The molecule has 0 bridgehead atoms. The Kier molecular flexibility index (Phi) is 4.17. The zero-order chi connectivity index (χ0) is 20.8. The van der Waals surface area contributed by atoms with Crippen molar-refractivity contribution in [2.45, 2.75) is 13.8 Å². The quantitative estimate of drug-likeness (QED) is 0.449. The molecule has 0 radical (unpaired) electrons. The number of ether oxygens (including phenoxy) is 2. The molecule has 3 heterocycles. The molecule has 0 aliphatic heterocycles. The van der Waals surface area contributed by atoms with Crippen LogP contribution in [0.3, 0.4) is 0 Å². The second-order valence-electron chi connectivity index (χ2n) is 7.12. The molecule has 0 aliphatic carbocycles. The van der Waals surface area contributed by atoms with Gasteiger partial charge in [0, 0.05) is 17.3 Å². The number of hydrogen-bond acceptors (Lipinski definition) is 5. The van der Waals surface area contributed by atoms with Crippen LogP contribution in [0.25, 0.3) is 33.6 Å². The fourth-order valence-corrected chi connectivity index (χ4v) is 3.87. The minimum absolute atomic E-state index is 0.669. The number of fused-ring (bicyclic) bond motifs is 2. The molecule has 3 aromatic heterocycles. The summed E-state index contributed by atoms with van der Waals surface area (Å²) in [5, 5.41) is 4.82. The predicted molar refractivity (Wildman–Crippen MR) is 116 cm³/mol. The maximum Gasteiger partial charge on any atom is 0.165 e. The summed E-state index contributed by atoms with van der Waals surface area (Å²) < 4.78 is 14.8. The standard InChI is InChI=1S/C23H21N5O2/c1-14-11-21(27-13-24-17-7-5-6-8-18(17)27)28-23(25-14)22(15(2)26-28)16-9-10-19(29-3)20(12-16)30-4/h5-13H,1-4H3. The summed E-state index contributed by atoms with van der Waals surface area (Å²) in [6.07, 6.45) is 1.83. The zero-order valence-corrected chi connectivity index (χ0v) is 17.2. The first-order valence-electron chi connectivity index (χ1n) is 9.62. The number of hydrogen-bond donors (Lipinski definition) is 0. The number of benzene rings is 2. The highest BCUT2D eigenvalue weighted by Crippen LogP contribution is 2.35. The van der Waals surface area contributed by atoms with Gasteiger partial charge in [-0.05, 0) is 43.7 Å². The first-order valence-corrected chi connectivity index (χ1v) is 9.62. The molecule has 150 valence electrons. The lowest BCUT2D eigenvalue weighted by Crippen LogP contribution is -2.05. The van der Waals surface area contributed by atoms with E-state index >= 15 is 0 Å². The van der Waals surface area contributed by atoms with Crippen LogP contribution in [0, 0.1) is 13.8 Å². The highest BCUT2D eigenvalue weighted by molar-refractivity contribution is 5.82. The summed E-state index contributed by atoms with van der Waals surface area (Å²) in [5.74, 6) is 2.24. The van der Waals surface area contributed by atoms with E-state index in [4.69, 9.17) is 19.6 Å². The lowest BCUT2D eigenvalue weighted by atomic mass is 10.1. The second kappa shape index (κ2) is 6.88. The van der Waals surface area contributed by atoms with Crippen LogP contribution in [-0.2, 0) is 0 Å². The van der Waals surface area contributed by atoms with Gasteiger partial charge in [0.25, 0.3) is 0 Å². The van der Waals surface area contributed by atoms with Crippen molar-refractivity contribution in [3.63, 3.8) is 0 Å². The lowest BCUT2D eigenvalue weighted by Gasteiger charge is -2.10. The fourth-order valence-electron chi connectivity index (χ4n) is 3.87. The molecule has 0 atom stereocenters. The Morgan fingerprint density at radius 2 is 1.70 bits per heavy atom. The second-order valence-corrected chi connectivity index (χ2v) is 7.12. The van der Waals surface area contributed by atoms with Gasteiger partial charge in [-0.1, -0.05) is 18.2 Å². The van der Waals surface area contributed by atoms with E-state index < -0.39 is 0 Å². The summed E-state index contributed by atoms with van der Waals surface area (Å²) >= 11 is 0. The van der Waals surface area contributed by atoms with Gasteiger partial charge in [0.05, 0.1) is 30.9 Å². The predicted octanol–water partition coefficient (Wildman–Crippen LogP) is 4.37. The molecule has 2 aromatic carbocycles. The van der Waals surface area contributed by atoms with Crippen LogP contribution >= 0.6 is 0 Å². The van der Waals surface area contributed by atoms with Gasteiger partial charge < -0.3 is 9.47 Å². The summed E-state index contributed by atoms with van der Waals surface area (Å²) in [6.45, 7) is 3.98.